The largest absolute Gasteiger partial charge is 0.390 e. The van der Waals surface area contributed by atoms with E-state index in [2.05, 4.69) is 12.2 Å². The number of rotatable bonds is 5. The summed E-state index contributed by atoms with van der Waals surface area (Å²) in [7, 11) is 0. The minimum atomic E-state index is -0.164. The molecule has 100 valence electrons. The van der Waals surface area contributed by atoms with Gasteiger partial charge in [0.25, 0.3) is 5.91 Å². The Morgan fingerprint density at radius 2 is 2.22 bits per heavy atom. The van der Waals surface area contributed by atoms with Crippen molar-refractivity contribution in [2.45, 2.75) is 26.2 Å². The molecule has 0 atom stereocenters. The number of carbonyl (C=O) groups excluding carboxylic acids is 1. The molecule has 1 fully saturated rings. The Morgan fingerprint density at radius 1 is 1.56 bits per heavy atom. The van der Waals surface area contributed by atoms with Crippen LogP contribution in [0.25, 0.3) is 0 Å². The van der Waals surface area contributed by atoms with Crippen molar-refractivity contribution in [1.82, 2.24) is 10.2 Å². The molecule has 0 aromatic carbocycles. The molecule has 4 nitrogen and oxygen atoms in total. The van der Waals surface area contributed by atoms with Crippen molar-refractivity contribution in [3.63, 3.8) is 0 Å². The van der Waals surface area contributed by atoms with Crippen LogP contribution in [0.3, 0.4) is 0 Å². The summed E-state index contributed by atoms with van der Waals surface area (Å²) in [6.45, 7) is 4.37. The van der Waals surface area contributed by atoms with Gasteiger partial charge in [-0.05, 0) is 25.2 Å². The predicted molar refractivity (Wildman–Crippen MR) is 72.0 cm³/mol. The second-order valence-electron chi connectivity index (χ2n) is 4.64. The van der Waals surface area contributed by atoms with Gasteiger partial charge in [-0.1, -0.05) is 6.92 Å². The Morgan fingerprint density at radius 3 is 2.78 bits per heavy atom. The van der Waals surface area contributed by atoms with Gasteiger partial charge in [-0.3, -0.25) is 4.79 Å². The van der Waals surface area contributed by atoms with E-state index in [-0.39, 0.29) is 11.5 Å². The van der Waals surface area contributed by atoms with Crippen molar-refractivity contribution < 1.29 is 4.79 Å². The Hall–Kier alpha value is -1.21. The second kappa shape index (κ2) is 7.99. The minimum Gasteiger partial charge on any atom is -0.390 e. The van der Waals surface area contributed by atoms with Crippen LogP contribution in [0.2, 0.25) is 0 Å². The first kappa shape index (κ1) is 14.8. The second-order valence-corrected chi connectivity index (χ2v) is 5.02. The Labute approximate surface area is 114 Å². The summed E-state index contributed by atoms with van der Waals surface area (Å²) in [4.78, 5) is 13.8. The van der Waals surface area contributed by atoms with E-state index < -0.39 is 0 Å². The topological polar surface area (TPSA) is 56.1 Å². The molecule has 1 heterocycles. The molecule has 18 heavy (non-hydrogen) atoms. The molecule has 1 rings (SSSR count). The van der Waals surface area contributed by atoms with Crippen molar-refractivity contribution in [3.05, 3.63) is 11.8 Å². The summed E-state index contributed by atoms with van der Waals surface area (Å²) in [5.41, 5.74) is 0.180. The molecule has 0 spiro atoms. The van der Waals surface area contributed by atoms with E-state index in [9.17, 15) is 4.79 Å². The molecule has 0 radical (unpaired) electrons. The van der Waals surface area contributed by atoms with Gasteiger partial charge < -0.3 is 10.2 Å². The maximum absolute atomic E-state index is 12.1. The van der Waals surface area contributed by atoms with E-state index in [1.54, 1.807) is 4.90 Å². The summed E-state index contributed by atoms with van der Waals surface area (Å²) in [6, 6.07) is 1.96. The molecule has 0 aromatic rings. The van der Waals surface area contributed by atoms with Gasteiger partial charge in [0, 0.05) is 31.7 Å². The SMILES string of the molecule is CC1CCN(C(=O)/C(C#N)=C\NCCCCl)CC1. The van der Waals surface area contributed by atoms with E-state index in [1.165, 1.54) is 6.20 Å². The third-order valence-electron chi connectivity index (χ3n) is 3.12. The highest BCUT2D eigenvalue weighted by Gasteiger charge is 2.22. The zero-order valence-electron chi connectivity index (χ0n) is 10.8. The van der Waals surface area contributed by atoms with Gasteiger partial charge in [0.05, 0.1) is 0 Å². The molecule has 0 saturated carbocycles. The highest BCUT2D eigenvalue weighted by molar-refractivity contribution is 6.17. The highest BCUT2D eigenvalue weighted by atomic mass is 35.5. The van der Waals surface area contributed by atoms with Gasteiger partial charge in [-0.2, -0.15) is 5.26 Å². The van der Waals surface area contributed by atoms with Crippen LogP contribution in [0.4, 0.5) is 0 Å². The zero-order valence-corrected chi connectivity index (χ0v) is 11.5. The number of hydrogen-bond donors (Lipinski definition) is 1. The minimum absolute atomic E-state index is 0.164. The van der Waals surface area contributed by atoms with Crippen LogP contribution in [0, 0.1) is 17.2 Å². The van der Waals surface area contributed by atoms with Gasteiger partial charge >= 0.3 is 0 Å². The molecule has 0 aromatic heterocycles. The molecule has 1 N–H and O–H groups in total. The predicted octanol–water partition coefficient (Wildman–Crippen LogP) is 1.87. The van der Waals surface area contributed by atoms with Gasteiger partial charge in [-0.15, -0.1) is 11.6 Å². The molecule has 1 amide bonds. The van der Waals surface area contributed by atoms with Gasteiger partial charge in [-0.25, -0.2) is 0 Å². The lowest BCUT2D eigenvalue weighted by molar-refractivity contribution is -0.128. The normalized spacial score (nSPS) is 17.4. The highest BCUT2D eigenvalue weighted by Crippen LogP contribution is 2.17. The average Bonchev–Trinajstić information content (AvgIpc) is 2.39. The molecule has 1 aliphatic heterocycles. The summed E-state index contributed by atoms with van der Waals surface area (Å²) in [5, 5.41) is 12.0. The van der Waals surface area contributed by atoms with Gasteiger partial charge in [0.15, 0.2) is 0 Å². The van der Waals surface area contributed by atoms with Crippen LogP contribution >= 0.6 is 11.6 Å². The third kappa shape index (κ3) is 4.58. The Bertz CT molecular complexity index is 341. The number of carbonyl (C=O) groups is 1. The number of likely N-dealkylation sites (tertiary alicyclic amines) is 1. The van der Waals surface area contributed by atoms with Crippen LogP contribution in [0.1, 0.15) is 26.2 Å². The smallest absolute Gasteiger partial charge is 0.265 e. The fourth-order valence-corrected chi connectivity index (χ4v) is 2.00. The summed E-state index contributed by atoms with van der Waals surface area (Å²) in [6.07, 6.45) is 4.35. The first-order valence-corrected chi connectivity index (χ1v) is 6.91. The van der Waals surface area contributed by atoms with E-state index in [0.717, 1.165) is 32.4 Å². The molecule has 0 aliphatic carbocycles. The fourth-order valence-electron chi connectivity index (χ4n) is 1.87. The number of hydrogen-bond acceptors (Lipinski definition) is 3. The zero-order chi connectivity index (χ0) is 13.4. The fraction of sp³-hybridized carbons (Fsp3) is 0.692. The van der Waals surface area contributed by atoms with E-state index in [1.807, 2.05) is 6.07 Å². The monoisotopic (exact) mass is 269 g/mol. The Balaban J connectivity index is 2.49. The molecule has 0 bridgehead atoms. The standard InChI is InChI=1S/C13H20ClN3O/c1-11-3-7-17(8-4-11)13(18)12(9-15)10-16-6-2-5-14/h10-11,16H,2-8H2,1H3/b12-10-. The van der Waals surface area contributed by atoms with Gasteiger partial charge in [0.2, 0.25) is 0 Å². The van der Waals surface area contributed by atoms with Crippen molar-refractivity contribution >= 4 is 17.5 Å². The summed E-state index contributed by atoms with van der Waals surface area (Å²) < 4.78 is 0. The van der Waals surface area contributed by atoms with Crippen molar-refractivity contribution in [2.24, 2.45) is 5.92 Å². The van der Waals surface area contributed by atoms with E-state index in [4.69, 9.17) is 16.9 Å². The quantitative estimate of drug-likeness (QED) is 0.359. The van der Waals surface area contributed by atoms with Crippen molar-refractivity contribution in [3.8, 4) is 6.07 Å². The number of piperidine rings is 1. The maximum Gasteiger partial charge on any atom is 0.265 e. The lowest BCUT2D eigenvalue weighted by atomic mass is 9.99. The average molecular weight is 270 g/mol. The van der Waals surface area contributed by atoms with Crippen LogP contribution < -0.4 is 5.32 Å². The summed E-state index contributed by atoms with van der Waals surface area (Å²) in [5.74, 6) is 1.08. The number of halogens is 1. The first-order valence-electron chi connectivity index (χ1n) is 6.38. The summed E-state index contributed by atoms with van der Waals surface area (Å²) >= 11 is 5.55. The van der Waals surface area contributed by atoms with Crippen LogP contribution in [0.15, 0.2) is 11.8 Å². The van der Waals surface area contributed by atoms with Crippen molar-refractivity contribution in [1.29, 1.82) is 5.26 Å². The lowest BCUT2D eigenvalue weighted by Gasteiger charge is -2.30. The Kier molecular flexibility index (Phi) is 6.59. The number of alkyl halides is 1. The molecule has 5 heteroatoms. The van der Waals surface area contributed by atoms with Crippen LogP contribution in [-0.4, -0.2) is 36.3 Å². The van der Waals surface area contributed by atoms with Gasteiger partial charge in [0.1, 0.15) is 11.6 Å². The number of nitrogens with one attached hydrogen (secondary N) is 1. The molecule has 1 aliphatic rings. The molecule has 1 saturated heterocycles. The number of amides is 1. The van der Waals surface area contributed by atoms with Crippen LogP contribution in [0.5, 0.6) is 0 Å². The van der Waals surface area contributed by atoms with E-state index >= 15 is 0 Å². The molecular weight excluding hydrogens is 250 g/mol. The van der Waals surface area contributed by atoms with Crippen molar-refractivity contribution in [2.75, 3.05) is 25.5 Å². The number of nitriles is 1. The van der Waals surface area contributed by atoms with Crippen LogP contribution in [-0.2, 0) is 4.79 Å². The third-order valence-corrected chi connectivity index (χ3v) is 3.39. The molecule has 0 unspecified atom stereocenters. The lowest BCUT2D eigenvalue weighted by Crippen LogP contribution is -2.38. The maximum atomic E-state index is 12.1. The number of nitrogens with zero attached hydrogens (tertiary/aromatic N) is 2. The first-order chi connectivity index (χ1) is 8.69. The molecular formula is C13H20ClN3O. The van der Waals surface area contributed by atoms with E-state index in [0.29, 0.717) is 18.3 Å².